The lowest BCUT2D eigenvalue weighted by atomic mass is 9.77. The molecule has 3 aromatic heterocycles. The van der Waals surface area contributed by atoms with E-state index in [1.807, 2.05) is 18.3 Å². The Balaban J connectivity index is 1.19. The Hall–Kier alpha value is -3.52. The first-order valence-corrected chi connectivity index (χ1v) is 14.0. The molecule has 5 heterocycles. The molecule has 0 aliphatic carbocycles. The Morgan fingerprint density at radius 2 is 2.03 bits per heavy atom. The monoisotopic (exact) mass is 559 g/mol. The number of benzene rings is 1. The third kappa shape index (κ3) is 5.22. The smallest absolute Gasteiger partial charge is 0.263 e. The van der Waals surface area contributed by atoms with Gasteiger partial charge in [-0.1, -0.05) is 23.4 Å². The van der Waals surface area contributed by atoms with Crippen LogP contribution in [-0.4, -0.2) is 50.3 Å². The quantitative estimate of drug-likeness (QED) is 0.343. The lowest BCUT2D eigenvalue weighted by molar-refractivity contribution is 0.0976. The molecular formula is C28H26ClN7O2S. The number of hydrogen-bond acceptors (Lipinski definition) is 9. The number of piperidine rings is 1. The predicted octanol–water partition coefficient (Wildman–Crippen LogP) is 4.70. The van der Waals surface area contributed by atoms with Gasteiger partial charge in [0.1, 0.15) is 22.6 Å². The molecule has 1 aromatic carbocycles. The van der Waals surface area contributed by atoms with Crippen molar-refractivity contribution >= 4 is 40.1 Å². The molecule has 0 saturated carbocycles. The third-order valence-corrected chi connectivity index (χ3v) is 9.04. The van der Waals surface area contributed by atoms with Crippen LogP contribution >= 0.6 is 23.4 Å². The molecule has 9 nitrogen and oxygen atoms in total. The molecule has 2 saturated heterocycles. The first-order valence-electron chi connectivity index (χ1n) is 12.8. The molecule has 2 fully saturated rings. The molecule has 0 unspecified atom stereocenters. The number of halogens is 1. The molecule has 1 spiro atoms. The van der Waals surface area contributed by atoms with Gasteiger partial charge < -0.3 is 9.64 Å². The van der Waals surface area contributed by atoms with Gasteiger partial charge in [-0.3, -0.25) is 9.36 Å². The van der Waals surface area contributed by atoms with Crippen LogP contribution in [-0.2, 0) is 11.3 Å². The van der Waals surface area contributed by atoms with Gasteiger partial charge in [-0.05, 0) is 61.4 Å². The summed E-state index contributed by atoms with van der Waals surface area (Å²) in [4.78, 5) is 34.1. The number of aromatic nitrogens is 5. The summed E-state index contributed by atoms with van der Waals surface area (Å²) in [6.45, 7) is 5.17. The van der Waals surface area contributed by atoms with Gasteiger partial charge in [-0.25, -0.2) is 19.9 Å². The lowest BCUT2D eigenvalue weighted by Crippen LogP contribution is -2.41. The minimum atomic E-state index is -0.255. The van der Waals surface area contributed by atoms with Gasteiger partial charge in [-0.15, -0.1) is 0 Å². The minimum Gasteiger partial charge on any atom is -0.378 e. The predicted molar refractivity (Wildman–Crippen MR) is 149 cm³/mol. The molecule has 0 bridgehead atoms. The SMILES string of the molecule is C[C@H]1CC2(CCN(c3cnc(Sc4ccc5ncn(Cc6ccnc(C#N)c6)c(=O)c5c4Cl)cn3)CC2)CO1. The van der Waals surface area contributed by atoms with E-state index in [4.69, 9.17) is 21.6 Å². The summed E-state index contributed by atoms with van der Waals surface area (Å²) in [5, 5.41) is 10.5. The summed E-state index contributed by atoms with van der Waals surface area (Å²) < 4.78 is 7.33. The summed E-state index contributed by atoms with van der Waals surface area (Å²) in [6, 6.07) is 9.06. The minimum absolute atomic E-state index is 0.253. The molecule has 4 aromatic rings. The summed E-state index contributed by atoms with van der Waals surface area (Å²) in [7, 11) is 0. The van der Waals surface area contributed by atoms with Gasteiger partial charge in [0.2, 0.25) is 0 Å². The van der Waals surface area contributed by atoms with Gasteiger partial charge in [0.05, 0.1) is 53.9 Å². The van der Waals surface area contributed by atoms with Crippen LogP contribution in [0.1, 0.15) is 37.4 Å². The first kappa shape index (κ1) is 25.7. The van der Waals surface area contributed by atoms with Crippen molar-refractivity contribution in [1.29, 1.82) is 5.26 Å². The van der Waals surface area contributed by atoms with Gasteiger partial charge in [0.25, 0.3) is 5.56 Å². The molecule has 2 aliphatic heterocycles. The Kier molecular flexibility index (Phi) is 6.97. The molecule has 2 aliphatic rings. The fourth-order valence-corrected chi connectivity index (χ4v) is 6.57. The highest BCUT2D eigenvalue weighted by Crippen LogP contribution is 2.42. The van der Waals surface area contributed by atoms with Crippen LogP contribution in [0.3, 0.4) is 0 Å². The molecule has 6 rings (SSSR count). The van der Waals surface area contributed by atoms with Crippen molar-refractivity contribution in [3.8, 4) is 6.07 Å². The highest BCUT2D eigenvalue weighted by molar-refractivity contribution is 7.99. The number of hydrogen-bond donors (Lipinski definition) is 0. The third-order valence-electron chi connectivity index (χ3n) is 7.56. The average Bonchev–Trinajstić information content (AvgIpc) is 3.32. The number of pyridine rings is 1. The van der Waals surface area contributed by atoms with Crippen LogP contribution in [0, 0.1) is 16.7 Å². The van der Waals surface area contributed by atoms with E-state index in [1.165, 1.54) is 22.7 Å². The number of fused-ring (bicyclic) bond motifs is 1. The van der Waals surface area contributed by atoms with Crippen molar-refractivity contribution in [2.45, 2.75) is 48.8 Å². The van der Waals surface area contributed by atoms with Gasteiger partial charge in [-0.2, -0.15) is 5.26 Å². The topological polar surface area (TPSA) is 110 Å². The Labute approximate surface area is 234 Å². The first-order chi connectivity index (χ1) is 18.9. The number of nitriles is 1. The highest BCUT2D eigenvalue weighted by Gasteiger charge is 2.41. The molecule has 0 N–H and O–H groups in total. The second-order valence-electron chi connectivity index (χ2n) is 10.2. The van der Waals surface area contributed by atoms with E-state index < -0.39 is 0 Å². The molecule has 0 amide bonds. The second-order valence-corrected chi connectivity index (χ2v) is 11.7. The normalized spacial score (nSPS) is 18.5. The molecule has 1 atom stereocenters. The van der Waals surface area contributed by atoms with Gasteiger partial charge in [0, 0.05) is 24.2 Å². The van der Waals surface area contributed by atoms with Crippen molar-refractivity contribution in [2.24, 2.45) is 5.41 Å². The number of nitrogens with zero attached hydrogens (tertiary/aromatic N) is 7. The maximum absolute atomic E-state index is 13.4. The second kappa shape index (κ2) is 10.6. The molecule has 39 heavy (non-hydrogen) atoms. The molecular weight excluding hydrogens is 534 g/mol. The van der Waals surface area contributed by atoms with E-state index in [0.717, 1.165) is 50.3 Å². The summed E-state index contributed by atoms with van der Waals surface area (Å²) in [6.07, 6.45) is 10.3. The van der Waals surface area contributed by atoms with Crippen LogP contribution in [0.2, 0.25) is 5.02 Å². The fourth-order valence-electron chi connectivity index (χ4n) is 5.45. The zero-order chi connectivity index (χ0) is 27.0. The van der Waals surface area contributed by atoms with E-state index in [9.17, 15) is 4.79 Å². The summed E-state index contributed by atoms with van der Waals surface area (Å²) >= 11 is 8.11. The Morgan fingerprint density at radius 3 is 2.74 bits per heavy atom. The molecule has 0 radical (unpaired) electrons. The van der Waals surface area contributed by atoms with Crippen molar-refractivity contribution in [1.82, 2.24) is 24.5 Å². The summed E-state index contributed by atoms with van der Waals surface area (Å²) in [5.74, 6) is 0.869. The zero-order valence-electron chi connectivity index (χ0n) is 21.4. The van der Waals surface area contributed by atoms with Crippen molar-refractivity contribution in [3.63, 3.8) is 0 Å². The van der Waals surface area contributed by atoms with E-state index in [0.29, 0.717) is 43.1 Å². The van der Waals surface area contributed by atoms with E-state index in [-0.39, 0.29) is 12.1 Å². The summed E-state index contributed by atoms with van der Waals surface area (Å²) in [5.41, 5.74) is 1.65. The standard InChI is InChI=1S/C28H26ClN7O2S/c1-18-11-28(16-38-18)5-8-35(9-6-28)23-13-33-24(14-32-23)39-22-3-2-21-25(26(22)29)27(37)36(17-34-21)15-19-4-7-31-20(10-19)12-30/h2-4,7,10,13-14,17-18H,5-6,8-9,11,15-16H2,1H3/t18-/m0/s1. The number of rotatable bonds is 5. The van der Waals surface area contributed by atoms with Crippen molar-refractivity contribution in [2.75, 3.05) is 24.6 Å². The highest BCUT2D eigenvalue weighted by atomic mass is 35.5. The van der Waals surface area contributed by atoms with Crippen LogP contribution < -0.4 is 10.5 Å². The van der Waals surface area contributed by atoms with Crippen LogP contribution in [0.5, 0.6) is 0 Å². The number of anilines is 1. The van der Waals surface area contributed by atoms with Crippen LogP contribution in [0.4, 0.5) is 5.82 Å². The van der Waals surface area contributed by atoms with E-state index in [2.05, 4.69) is 31.8 Å². The lowest BCUT2D eigenvalue weighted by Gasteiger charge is -2.38. The molecule has 198 valence electrons. The number of ether oxygens (including phenoxy) is 1. The van der Waals surface area contributed by atoms with Crippen molar-refractivity contribution in [3.05, 3.63) is 75.8 Å². The average molecular weight is 560 g/mol. The van der Waals surface area contributed by atoms with E-state index >= 15 is 0 Å². The largest absolute Gasteiger partial charge is 0.378 e. The fraction of sp³-hybridized carbons (Fsp3) is 0.357. The van der Waals surface area contributed by atoms with Gasteiger partial charge in [0.15, 0.2) is 0 Å². The zero-order valence-corrected chi connectivity index (χ0v) is 23.0. The van der Waals surface area contributed by atoms with E-state index in [1.54, 1.807) is 30.6 Å². The van der Waals surface area contributed by atoms with Crippen LogP contribution in [0.15, 0.2) is 63.9 Å². The van der Waals surface area contributed by atoms with Gasteiger partial charge >= 0.3 is 0 Å². The molecule has 11 heteroatoms. The van der Waals surface area contributed by atoms with Crippen molar-refractivity contribution < 1.29 is 4.74 Å². The van der Waals surface area contributed by atoms with Crippen LogP contribution in [0.25, 0.3) is 10.9 Å². The maximum Gasteiger partial charge on any atom is 0.263 e. The Morgan fingerprint density at radius 1 is 1.18 bits per heavy atom. The Bertz CT molecular complexity index is 1630. The maximum atomic E-state index is 13.4.